The molecule has 0 aromatic rings. The lowest BCUT2D eigenvalue weighted by Crippen LogP contribution is -2.31. The normalized spacial score (nSPS) is 12.1. The van der Waals surface area contributed by atoms with Gasteiger partial charge in [-0.3, -0.25) is 0 Å². The molecule has 0 spiro atoms. The van der Waals surface area contributed by atoms with E-state index >= 15 is 0 Å². The summed E-state index contributed by atoms with van der Waals surface area (Å²) in [5.74, 6) is -1.26. The predicted molar refractivity (Wildman–Crippen MR) is 40.5 cm³/mol. The summed E-state index contributed by atoms with van der Waals surface area (Å²) in [6.07, 6.45) is -0.869. The van der Waals surface area contributed by atoms with Gasteiger partial charge in [-0.25, -0.2) is 9.59 Å². The van der Waals surface area contributed by atoms with Crippen molar-refractivity contribution in [3.8, 4) is 0 Å². The molecule has 2 amide bonds. The molecule has 0 bridgehead atoms. The molecular weight excluding hydrogens is 164 g/mol. The number of nitrogens with two attached hydrogens (primary N) is 1. The molecule has 0 radical (unpaired) electrons. The van der Waals surface area contributed by atoms with Crippen LogP contribution in [0.1, 0.15) is 12.8 Å². The Hall–Kier alpha value is -1.30. The van der Waals surface area contributed by atoms with E-state index in [1.165, 1.54) is 0 Å². The fourth-order valence-corrected chi connectivity index (χ4v) is 0.630. The number of nitrogens with one attached hydrogen (secondary N) is 1. The SMILES string of the molecule is NC(=O)NCCC[C@H](O)C(=O)O. The maximum absolute atomic E-state index is 10.1. The fourth-order valence-electron chi connectivity index (χ4n) is 0.630. The smallest absolute Gasteiger partial charge is 0.332 e. The molecule has 0 aromatic carbocycles. The molecule has 0 aromatic heterocycles. The number of hydrogen-bond donors (Lipinski definition) is 4. The predicted octanol–water partition coefficient (Wildman–Crippen LogP) is -1.12. The summed E-state index contributed by atoms with van der Waals surface area (Å²) in [5.41, 5.74) is 4.74. The third kappa shape index (κ3) is 5.48. The van der Waals surface area contributed by atoms with Crippen molar-refractivity contribution in [1.82, 2.24) is 5.32 Å². The molecule has 1 atom stereocenters. The number of aliphatic hydroxyl groups is 1. The Kier molecular flexibility index (Phi) is 4.78. The molecule has 6 nitrogen and oxygen atoms in total. The van der Waals surface area contributed by atoms with Crippen LogP contribution in [0.5, 0.6) is 0 Å². The van der Waals surface area contributed by atoms with E-state index in [-0.39, 0.29) is 13.0 Å². The minimum absolute atomic E-state index is 0.107. The minimum atomic E-state index is -1.36. The summed E-state index contributed by atoms with van der Waals surface area (Å²) in [4.78, 5) is 20.2. The highest BCUT2D eigenvalue weighted by atomic mass is 16.4. The van der Waals surface area contributed by atoms with Crippen LogP contribution in [0.4, 0.5) is 4.79 Å². The molecule has 0 saturated carbocycles. The van der Waals surface area contributed by atoms with Gasteiger partial charge in [0.1, 0.15) is 0 Å². The van der Waals surface area contributed by atoms with E-state index in [1.807, 2.05) is 0 Å². The van der Waals surface area contributed by atoms with E-state index in [4.69, 9.17) is 15.9 Å². The van der Waals surface area contributed by atoms with Crippen LogP contribution >= 0.6 is 0 Å². The lowest BCUT2D eigenvalue weighted by Gasteiger charge is -2.04. The highest BCUT2D eigenvalue weighted by Gasteiger charge is 2.11. The zero-order valence-electron chi connectivity index (χ0n) is 6.49. The number of urea groups is 1. The van der Waals surface area contributed by atoms with E-state index < -0.39 is 18.1 Å². The first-order valence-corrected chi connectivity index (χ1v) is 3.48. The molecule has 0 rings (SSSR count). The molecule has 0 heterocycles. The van der Waals surface area contributed by atoms with Crippen molar-refractivity contribution in [2.45, 2.75) is 18.9 Å². The van der Waals surface area contributed by atoms with Gasteiger partial charge in [0, 0.05) is 6.54 Å². The first-order valence-electron chi connectivity index (χ1n) is 3.48. The molecule has 0 aliphatic heterocycles. The van der Waals surface area contributed by atoms with E-state index in [9.17, 15) is 9.59 Å². The Morgan fingerprint density at radius 3 is 2.50 bits per heavy atom. The lowest BCUT2D eigenvalue weighted by atomic mass is 10.2. The van der Waals surface area contributed by atoms with E-state index in [0.29, 0.717) is 6.42 Å². The second-order valence-corrected chi connectivity index (χ2v) is 2.29. The van der Waals surface area contributed by atoms with Gasteiger partial charge < -0.3 is 21.3 Å². The van der Waals surface area contributed by atoms with Crippen LogP contribution in [0.2, 0.25) is 0 Å². The van der Waals surface area contributed by atoms with Crippen LogP contribution in [0.15, 0.2) is 0 Å². The number of hydrogen-bond acceptors (Lipinski definition) is 3. The van der Waals surface area contributed by atoms with Crippen LogP contribution in [0.3, 0.4) is 0 Å². The first-order chi connectivity index (χ1) is 5.54. The second-order valence-electron chi connectivity index (χ2n) is 2.29. The molecule has 6 heteroatoms. The summed E-state index contributed by atoms with van der Waals surface area (Å²) in [6.45, 7) is 0.277. The first kappa shape index (κ1) is 10.7. The van der Waals surface area contributed by atoms with Gasteiger partial charge >= 0.3 is 12.0 Å². The highest BCUT2D eigenvalue weighted by Crippen LogP contribution is 1.95. The van der Waals surface area contributed by atoms with Crippen LogP contribution < -0.4 is 11.1 Å². The summed E-state index contributed by atoms with van der Waals surface area (Å²) < 4.78 is 0. The fraction of sp³-hybridized carbons (Fsp3) is 0.667. The number of carbonyl (C=O) groups excluding carboxylic acids is 1. The van der Waals surface area contributed by atoms with Crippen molar-refractivity contribution in [3.05, 3.63) is 0 Å². The van der Waals surface area contributed by atoms with E-state index in [2.05, 4.69) is 5.32 Å². The topological polar surface area (TPSA) is 113 Å². The minimum Gasteiger partial charge on any atom is -0.479 e. The number of aliphatic carboxylic acids is 1. The van der Waals surface area contributed by atoms with Crippen LogP contribution in [-0.4, -0.2) is 34.9 Å². The number of amides is 2. The number of primary amides is 1. The van der Waals surface area contributed by atoms with Gasteiger partial charge in [-0.2, -0.15) is 0 Å². The molecule has 0 aliphatic carbocycles. The second kappa shape index (κ2) is 5.36. The average Bonchev–Trinajstić information content (AvgIpc) is 1.97. The van der Waals surface area contributed by atoms with Crippen molar-refractivity contribution in [2.24, 2.45) is 5.73 Å². The molecule has 0 unspecified atom stereocenters. The van der Waals surface area contributed by atoms with Gasteiger partial charge in [-0.05, 0) is 12.8 Å². The van der Waals surface area contributed by atoms with Gasteiger partial charge in [0.15, 0.2) is 6.10 Å². The van der Waals surface area contributed by atoms with Gasteiger partial charge in [0.05, 0.1) is 0 Å². The Balaban J connectivity index is 3.31. The van der Waals surface area contributed by atoms with Crippen molar-refractivity contribution in [2.75, 3.05) is 6.54 Å². The van der Waals surface area contributed by atoms with Gasteiger partial charge in [0.2, 0.25) is 0 Å². The Morgan fingerprint density at radius 2 is 2.08 bits per heavy atom. The quantitative estimate of drug-likeness (QED) is 0.397. The average molecular weight is 176 g/mol. The lowest BCUT2D eigenvalue weighted by molar-refractivity contribution is -0.146. The Labute approximate surface area is 69.4 Å². The number of carboxylic acids is 1. The number of aliphatic hydroxyl groups excluding tert-OH is 1. The van der Waals surface area contributed by atoms with Gasteiger partial charge in [-0.1, -0.05) is 0 Å². The molecule has 0 saturated heterocycles. The number of carbonyl (C=O) groups is 2. The highest BCUT2D eigenvalue weighted by molar-refractivity contribution is 5.72. The third-order valence-electron chi connectivity index (χ3n) is 1.24. The summed E-state index contributed by atoms with van der Waals surface area (Å²) in [7, 11) is 0. The number of carboxylic acid groups (broad SMARTS) is 1. The maximum Gasteiger partial charge on any atom is 0.332 e. The number of rotatable bonds is 5. The summed E-state index contributed by atoms with van der Waals surface area (Å²) in [6, 6.07) is -0.653. The van der Waals surface area contributed by atoms with Crippen LogP contribution in [0.25, 0.3) is 0 Å². The van der Waals surface area contributed by atoms with Crippen LogP contribution in [0, 0.1) is 0 Å². The van der Waals surface area contributed by atoms with Crippen molar-refractivity contribution in [3.63, 3.8) is 0 Å². The zero-order chi connectivity index (χ0) is 9.56. The monoisotopic (exact) mass is 176 g/mol. The van der Waals surface area contributed by atoms with Crippen molar-refractivity contribution >= 4 is 12.0 Å². The van der Waals surface area contributed by atoms with Gasteiger partial charge in [-0.15, -0.1) is 0 Å². The third-order valence-corrected chi connectivity index (χ3v) is 1.24. The largest absolute Gasteiger partial charge is 0.479 e. The molecule has 5 N–H and O–H groups in total. The maximum atomic E-state index is 10.1. The molecular formula is C6H12N2O4. The summed E-state index contributed by atoms with van der Waals surface area (Å²) in [5, 5.41) is 19.3. The summed E-state index contributed by atoms with van der Waals surface area (Å²) >= 11 is 0. The van der Waals surface area contributed by atoms with Crippen LogP contribution in [-0.2, 0) is 4.79 Å². The molecule has 70 valence electrons. The van der Waals surface area contributed by atoms with Crippen molar-refractivity contribution in [1.29, 1.82) is 0 Å². The van der Waals surface area contributed by atoms with E-state index in [0.717, 1.165) is 0 Å². The molecule has 0 fully saturated rings. The molecule has 0 aliphatic rings. The Morgan fingerprint density at radius 1 is 1.50 bits per heavy atom. The standard InChI is InChI=1S/C6H12N2O4/c7-6(12)8-3-1-2-4(9)5(10)11/h4,9H,1-3H2,(H,10,11)(H3,7,8,12)/t4-/m0/s1. The van der Waals surface area contributed by atoms with Crippen molar-refractivity contribution < 1.29 is 19.8 Å². The zero-order valence-corrected chi connectivity index (χ0v) is 6.49. The molecule has 12 heavy (non-hydrogen) atoms. The van der Waals surface area contributed by atoms with Gasteiger partial charge in [0.25, 0.3) is 0 Å². The Bertz CT molecular complexity index is 171. The van der Waals surface area contributed by atoms with E-state index in [1.54, 1.807) is 0 Å².